The van der Waals surface area contributed by atoms with Crippen molar-refractivity contribution >= 4 is 5.91 Å². The maximum atomic E-state index is 11.5. The van der Waals surface area contributed by atoms with E-state index in [1.165, 1.54) is 13.0 Å². The van der Waals surface area contributed by atoms with E-state index in [2.05, 4.69) is 25.7 Å². The number of hydrogen-bond acceptors (Lipinski definition) is 2. The molecular formula is C14H28N2O. The fourth-order valence-electron chi connectivity index (χ4n) is 2.63. The van der Waals surface area contributed by atoms with Crippen LogP contribution in [0.4, 0.5) is 0 Å². The summed E-state index contributed by atoms with van der Waals surface area (Å²) < 4.78 is 0. The predicted octanol–water partition coefficient (Wildman–Crippen LogP) is 2.37. The Morgan fingerprint density at radius 2 is 1.94 bits per heavy atom. The number of rotatable bonds is 5. The van der Waals surface area contributed by atoms with Gasteiger partial charge < -0.3 is 9.80 Å². The summed E-state index contributed by atoms with van der Waals surface area (Å²) in [5.74, 6) is 1.02. The summed E-state index contributed by atoms with van der Waals surface area (Å²) in [6.45, 7) is 12.7. The molecule has 1 rings (SSSR count). The van der Waals surface area contributed by atoms with E-state index in [0.29, 0.717) is 6.04 Å². The molecule has 0 spiro atoms. The summed E-state index contributed by atoms with van der Waals surface area (Å²) in [4.78, 5) is 16.1. The van der Waals surface area contributed by atoms with Gasteiger partial charge in [0.15, 0.2) is 0 Å². The van der Waals surface area contributed by atoms with Crippen molar-refractivity contribution < 1.29 is 4.79 Å². The van der Waals surface area contributed by atoms with Crippen molar-refractivity contribution in [1.82, 2.24) is 9.80 Å². The Morgan fingerprint density at radius 3 is 2.35 bits per heavy atom. The molecule has 0 aromatic rings. The van der Waals surface area contributed by atoms with Gasteiger partial charge in [-0.15, -0.1) is 0 Å². The number of carbonyl (C=O) groups excluding carboxylic acids is 1. The van der Waals surface area contributed by atoms with Gasteiger partial charge in [0, 0.05) is 32.6 Å². The van der Waals surface area contributed by atoms with E-state index in [-0.39, 0.29) is 5.91 Å². The molecule has 0 N–H and O–H groups in total. The van der Waals surface area contributed by atoms with Crippen LogP contribution in [-0.2, 0) is 4.79 Å². The van der Waals surface area contributed by atoms with Crippen LogP contribution in [0, 0.1) is 5.92 Å². The first kappa shape index (κ1) is 14.5. The molecule has 1 heterocycles. The number of carbonyl (C=O) groups is 1. The molecule has 17 heavy (non-hydrogen) atoms. The van der Waals surface area contributed by atoms with E-state index in [1.54, 1.807) is 6.92 Å². The van der Waals surface area contributed by atoms with Gasteiger partial charge in [-0.1, -0.05) is 13.8 Å². The Labute approximate surface area is 106 Å². The maximum absolute atomic E-state index is 11.5. The molecule has 0 bridgehead atoms. The summed E-state index contributed by atoms with van der Waals surface area (Å²) in [6.07, 6.45) is 3.58. The molecule has 100 valence electrons. The molecule has 3 heteroatoms. The van der Waals surface area contributed by atoms with Crippen molar-refractivity contribution in [2.75, 3.05) is 26.2 Å². The topological polar surface area (TPSA) is 23.6 Å². The molecule has 0 saturated carbocycles. The molecule has 0 atom stereocenters. The normalized spacial score (nSPS) is 18.6. The van der Waals surface area contributed by atoms with Gasteiger partial charge in [-0.3, -0.25) is 4.79 Å². The molecule has 1 aliphatic heterocycles. The molecule has 1 fully saturated rings. The highest BCUT2D eigenvalue weighted by molar-refractivity contribution is 5.73. The lowest BCUT2D eigenvalue weighted by atomic mass is 10.0. The average molecular weight is 240 g/mol. The highest BCUT2D eigenvalue weighted by Crippen LogP contribution is 2.17. The molecule has 1 amide bonds. The quantitative estimate of drug-likeness (QED) is 0.736. The average Bonchev–Trinajstić information content (AvgIpc) is 2.28. The largest absolute Gasteiger partial charge is 0.340 e. The van der Waals surface area contributed by atoms with Crippen molar-refractivity contribution in [3.05, 3.63) is 0 Å². The monoisotopic (exact) mass is 240 g/mol. The molecule has 0 aromatic carbocycles. The van der Waals surface area contributed by atoms with Crippen LogP contribution in [0.25, 0.3) is 0 Å². The molecule has 0 aromatic heterocycles. The van der Waals surface area contributed by atoms with Gasteiger partial charge in [-0.25, -0.2) is 0 Å². The van der Waals surface area contributed by atoms with Crippen LogP contribution >= 0.6 is 0 Å². The van der Waals surface area contributed by atoms with E-state index in [9.17, 15) is 4.79 Å². The first-order valence-electron chi connectivity index (χ1n) is 7.04. The number of amides is 1. The third kappa shape index (κ3) is 4.66. The fourth-order valence-corrected chi connectivity index (χ4v) is 2.63. The van der Waals surface area contributed by atoms with Crippen LogP contribution in [0.1, 0.15) is 47.0 Å². The molecule has 0 unspecified atom stereocenters. The molecule has 0 aliphatic carbocycles. The van der Waals surface area contributed by atoms with Crippen LogP contribution in [0.5, 0.6) is 0 Å². The van der Waals surface area contributed by atoms with E-state index < -0.39 is 0 Å². The van der Waals surface area contributed by atoms with Crippen molar-refractivity contribution in [3.63, 3.8) is 0 Å². The minimum Gasteiger partial charge on any atom is -0.340 e. The fraction of sp³-hybridized carbons (Fsp3) is 0.929. The lowest BCUT2D eigenvalue weighted by molar-refractivity contribution is -0.131. The predicted molar refractivity (Wildman–Crippen MR) is 72.0 cm³/mol. The van der Waals surface area contributed by atoms with Crippen LogP contribution in [0.3, 0.4) is 0 Å². The van der Waals surface area contributed by atoms with Crippen LogP contribution in [0.15, 0.2) is 0 Å². The van der Waals surface area contributed by atoms with Crippen molar-refractivity contribution in [2.45, 2.75) is 53.0 Å². The molecular weight excluding hydrogens is 212 g/mol. The lowest BCUT2D eigenvalue weighted by Crippen LogP contribution is -2.46. The van der Waals surface area contributed by atoms with E-state index in [0.717, 1.165) is 38.4 Å². The standard InChI is InChI=1S/C14H28N2O/c1-5-16(13(4)17)14-7-10-15(11-8-14)9-6-12(2)3/h12,14H,5-11H2,1-4H3. The number of nitrogens with zero attached hydrogens (tertiary/aromatic N) is 2. The second-order valence-corrected chi connectivity index (χ2v) is 5.56. The minimum atomic E-state index is 0.230. The van der Waals surface area contributed by atoms with Crippen molar-refractivity contribution in [3.8, 4) is 0 Å². The summed E-state index contributed by atoms with van der Waals surface area (Å²) in [5, 5.41) is 0. The Morgan fingerprint density at radius 1 is 1.35 bits per heavy atom. The first-order valence-corrected chi connectivity index (χ1v) is 7.04. The third-order valence-corrected chi connectivity index (χ3v) is 3.77. The van der Waals surface area contributed by atoms with Gasteiger partial charge in [0.2, 0.25) is 5.91 Å². The highest BCUT2D eigenvalue weighted by Gasteiger charge is 2.24. The number of piperidine rings is 1. The first-order chi connectivity index (χ1) is 8.04. The van der Waals surface area contributed by atoms with Crippen molar-refractivity contribution in [1.29, 1.82) is 0 Å². The van der Waals surface area contributed by atoms with Gasteiger partial charge >= 0.3 is 0 Å². The van der Waals surface area contributed by atoms with Crippen LogP contribution in [-0.4, -0.2) is 47.9 Å². The lowest BCUT2D eigenvalue weighted by Gasteiger charge is -2.38. The zero-order chi connectivity index (χ0) is 12.8. The van der Waals surface area contributed by atoms with E-state index >= 15 is 0 Å². The summed E-state index contributed by atoms with van der Waals surface area (Å²) in [5.41, 5.74) is 0. The Kier molecular flexibility index (Phi) is 5.96. The van der Waals surface area contributed by atoms with Gasteiger partial charge in [-0.2, -0.15) is 0 Å². The Bertz CT molecular complexity index is 232. The smallest absolute Gasteiger partial charge is 0.219 e. The summed E-state index contributed by atoms with van der Waals surface area (Å²) >= 11 is 0. The highest BCUT2D eigenvalue weighted by atomic mass is 16.2. The van der Waals surface area contributed by atoms with E-state index in [1.807, 2.05) is 4.90 Å². The SMILES string of the molecule is CCN(C(C)=O)C1CCN(CCC(C)C)CC1. The Balaban J connectivity index is 2.32. The van der Waals surface area contributed by atoms with Gasteiger partial charge in [0.05, 0.1) is 0 Å². The zero-order valence-electron chi connectivity index (χ0n) is 11.9. The summed E-state index contributed by atoms with van der Waals surface area (Å²) in [7, 11) is 0. The molecule has 0 radical (unpaired) electrons. The number of hydrogen-bond donors (Lipinski definition) is 0. The number of likely N-dealkylation sites (tertiary alicyclic amines) is 1. The second-order valence-electron chi connectivity index (χ2n) is 5.56. The van der Waals surface area contributed by atoms with Gasteiger partial charge in [0.1, 0.15) is 0 Å². The third-order valence-electron chi connectivity index (χ3n) is 3.77. The maximum Gasteiger partial charge on any atom is 0.219 e. The minimum absolute atomic E-state index is 0.230. The zero-order valence-corrected chi connectivity index (χ0v) is 11.9. The molecule has 1 saturated heterocycles. The summed E-state index contributed by atoms with van der Waals surface area (Å²) in [6, 6.07) is 0.479. The molecule has 3 nitrogen and oxygen atoms in total. The van der Waals surface area contributed by atoms with Gasteiger partial charge in [0.25, 0.3) is 0 Å². The second kappa shape index (κ2) is 7.00. The van der Waals surface area contributed by atoms with Crippen LogP contribution in [0.2, 0.25) is 0 Å². The Hall–Kier alpha value is -0.570. The molecule has 1 aliphatic rings. The van der Waals surface area contributed by atoms with Gasteiger partial charge in [-0.05, 0) is 38.6 Å². The van der Waals surface area contributed by atoms with Crippen molar-refractivity contribution in [2.24, 2.45) is 5.92 Å². The van der Waals surface area contributed by atoms with Crippen LogP contribution < -0.4 is 0 Å². The van der Waals surface area contributed by atoms with E-state index in [4.69, 9.17) is 0 Å².